The predicted octanol–water partition coefficient (Wildman–Crippen LogP) is 2.88. The number of halogens is 1. The molecule has 104 valence electrons. The van der Waals surface area contributed by atoms with Crippen molar-refractivity contribution in [3.05, 3.63) is 54.3 Å². The Morgan fingerprint density at radius 3 is 2.60 bits per heavy atom. The first kappa shape index (κ1) is 13.9. The molecule has 0 saturated carbocycles. The number of hydrogen-bond acceptors (Lipinski definition) is 3. The van der Waals surface area contributed by atoms with Crippen molar-refractivity contribution in [3.8, 4) is 5.75 Å². The van der Waals surface area contributed by atoms with Gasteiger partial charge in [0.15, 0.2) is 11.6 Å². The molecule has 0 fully saturated rings. The predicted molar refractivity (Wildman–Crippen MR) is 76.5 cm³/mol. The molecule has 0 saturated heterocycles. The second kappa shape index (κ2) is 6.56. The number of nitrogens with one attached hydrogen (secondary N) is 2. The van der Waals surface area contributed by atoms with E-state index in [1.54, 1.807) is 18.2 Å². The number of anilines is 2. The minimum absolute atomic E-state index is 0.0870. The summed E-state index contributed by atoms with van der Waals surface area (Å²) in [7, 11) is 1.39. The Labute approximate surface area is 116 Å². The number of benzene rings is 2. The smallest absolute Gasteiger partial charge is 0.243 e. The van der Waals surface area contributed by atoms with E-state index in [4.69, 9.17) is 4.74 Å². The van der Waals surface area contributed by atoms with Crippen molar-refractivity contribution >= 4 is 17.3 Å². The number of rotatable bonds is 5. The molecule has 2 N–H and O–H groups in total. The van der Waals surface area contributed by atoms with Crippen LogP contribution in [0, 0.1) is 5.82 Å². The molecule has 2 rings (SSSR count). The number of carbonyl (C=O) groups excluding carboxylic acids is 1. The Bertz CT molecular complexity index is 588. The van der Waals surface area contributed by atoms with Crippen molar-refractivity contribution in [1.82, 2.24) is 0 Å². The van der Waals surface area contributed by atoms with Gasteiger partial charge in [-0.25, -0.2) is 4.39 Å². The third kappa shape index (κ3) is 3.71. The second-order valence-corrected chi connectivity index (χ2v) is 4.12. The van der Waals surface area contributed by atoms with Crippen LogP contribution in [0.2, 0.25) is 0 Å². The zero-order chi connectivity index (χ0) is 14.4. The van der Waals surface area contributed by atoms with Gasteiger partial charge in [-0.3, -0.25) is 4.79 Å². The van der Waals surface area contributed by atoms with E-state index >= 15 is 0 Å². The lowest BCUT2D eigenvalue weighted by Gasteiger charge is -2.09. The lowest BCUT2D eigenvalue weighted by atomic mass is 10.3. The minimum Gasteiger partial charge on any atom is -0.494 e. The van der Waals surface area contributed by atoms with E-state index in [1.165, 1.54) is 19.2 Å². The first-order valence-electron chi connectivity index (χ1n) is 6.11. The molecule has 0 bridgehead atoms. The van der Waals surface area contributed by atoms with Gasteiger partial charge in [0, 0.05) is 17.4 Å². The molecule has 0 aromatic heterocycles. The van der Waals surface area contributed by atoms with Crippen LogP contribution in [-0.4, -0.2) is 19.6 Å². The van der Waals surface area contributed by atoms with Gasteiger partial charge in [0.25, 0.3) is 0 Å². The maximum absolute atomic E-state index is 13.2. The van der Waals surface area contributed by atoms with Crippen LogP contribution in [0.3, 0.4) is 0 Å². The molecular weight excluding hydrogens is 259 g/mol. The molecular formula is C15H15FN2O2. The highest BCUT2D eigenvalue weighted by atomic mass is 19.1. The number of amides is 1. The fourth-order valence-electron chi connectivity index (χ4n) is 1.68. The summed E-state index contributed by atoms with van der Waals surface area (Å²) in [6, 6.07) is 13.5. The van der Waals surface area contributed by atoms with Crippen LogP contribution in [0.4, 0.5) is 15.8 Å². The van der Waals surface area contributed by atoms with Crippen molar-refractivity contribution in [1.29, 1.82) is 0 Å². The van der Waals surface area contributed by atoms with Gasteiger partial charge in [-0.2, -0.15) is 0 Å². The van der Waals surface area contributed by atoms with Gasteiger partial charge in [-0.15, -0.1) is 0 Å². The third-order valence-electron chi connectivity index (χ3n) is 2.66. The Morgan fingerprint density at radius 2 is 1.90 bits per heavy atom. The zero-order valence-electron chi connectivity index (χ0n) is 11.0. The summed E-state index contributed by atoms with van der Waals surface area (Å²) >= 11 is 0. The molecule has 0 aliphatic carbocycles. The van der Waals surface area contributed by atoms with Crippen LogP contribution >= 0.6 is 0 Å². The second-order valence-electron chi connectivity index (χ2n) is 4.12. The summed E-state index contributed by atoms with van der Waals surface area (Å²) in [5.41, 5.74) is 1.35. The largest absolute Gasteiger partial charge is 0.494 e. The summed E-state index contributed by atoms with van der Waals surface area (Å²) < 4.78 is 18.1. The van der Waals surface area contributed by atoms with Gasteiger partial charge >= 0.3 is 0 Å². The number of ether oxygens (including phenoxy) is 1. The third-order valence-corrected chi connectivity index (χ3v) is 2.66. The highest BCUT2D eigenvalue weighted by Crippen LogP contribution is 2.21. The van der Waals surface area contributed by atoms with E-state index in [9.17, 15) is 9.18 Å². The first-order valence-corrected chi connectivity index (χ1v) is 6.11. The molecule has 2 aromatic rings. The maximum Gasteiger partial charge on any atom is 0.243 e. The quantitative estimate of drug-likeness (QED) is 0.881. The summed E-state index contributed by atoms with van der Waals surface area (Å²) in [6.07, 6.45) is 0. The van der Waals surface area contributed by atoms with Crippen molar-refractivity contribution in [2.75, 3.05) is 24.3 Å². The van der Waals surface area contributed by atoms with Crippen molar-refractivity contribution in [2.45, 2.75) is 0 Å². The Morgan fingerprint density at radius 1 is 1.15 bits per heavy atom. The van der Waals surface area contributed by atoms with E-state index in [1.807, 2.05) is 18.2 Å². The fourth-order valence-corrected chi connectivity index (χ4v) is 1.68. The minimum atomic E-state index is -0.438. The molecule has 0 spiro atoms. The molecule has 0 aliphatic heterocycles. The van der Waals surface area contributed by atoms with E-state index < -0.39 is 5.82 Å². The molecule has 0 heterocycles. The van der Waals surface area contributed by atoms with Crippen LogP contribution in [0.1, 0.15) is 0 Å². The molecule has 0 radical (unpaired) electrons. The average molecular weight is 274 g/mol. The molecule has 0 unspecified atom stereocenters. The zero-order valence-corrected chi connectivity index (χ0v) is 11.0. The summed E-state index contributed by atoms with van der Waals surface area (Å²) in [5.74, 6) is -0.482. The topological polar surface area (TPSA) is 50.4 Å². The molecule has 20 heavy (non-hydrogen) atoms. The van der Waals surface area contributed by atoms with Gasteiger partial charge < -0.3 is 15.4 Å². The van der Waals surface area contributed by atoms with Crippen molar-refractivity contribution in [2.24, 2.45) is 0 Å². The fraction of sp³-hybridized carbons (Fsp3) is 0.133. The van der Waals surface area contributed by atoms with Gasteiger partial charge in [0.1, 0.15) is 0 Å². The Balaban J connectivity index is 1.90. The highest BCUT2D eigenvalue weighted by Gasteiger charge is 2.05. The molecule has 1 amide bonds. The maximum atomic E-state index is 13.2. The first-order chi connectivity index (χ1) is 9.69. The molecule has 5 heteroatoms. The van der Waals surface area contributed by atoms with Crippen LogP contribution in [0.25, 0.3) is 0 Å². The monoisotopic (exact) mass is 274 g/mol. The Kier molecular flexibility index (Phi) is 4.55. The van der Waals surface area contributed by atoms with Crippen LogP contribution in [0.15, 0.2) is 48.5 Å². The average Bonchev–Trinajstić information content (AvgIpc) is 2.47. The van der Waals surface area contributed by atoms with Crippen molar-refractivity contribution in [3.63, 3.8) is 0 Å². The van der Waals surface area contributed by atoms with Gasteiger partial charge in [0.2, 0.25) is 5.91 Å². The number of carbonyl (C=O) groups is 1. The van der Waals surface area contributed by atoms with Crippen molar-refractivity contribution < 1.29 is 13.9 Å². The molecule has 2 aromatic carbocycles. The SMILES string of the molecule is COc1cc(NCC(=O)Nc2ccccc2)ccc1F. The molecule has 4 nitrogen and oxygen atoms in total. The van der Waals surface area contributed by atoms with Crippen LogP contribution < -0.4 is 15.4 Å². The van der Waals surface area contributed by atoms with E-state index in [0.717, 1.165) is 5.69 Å². The lowest BCUT2D eigenvalue weighted by Crippen LogP contribution is -2.21. The van der Waals surface area contributed by atoms with E-state index in [0.29, 0.717) is 5.69 Å². The van der Waals surface area contributed by atoms with Gasteiger partial charge in [-0.1, -0.05) is 18.2 Å². The van der Waals surface area contributed by atoms with Gasteiger partial charge in [0.05, 0.1) is 13.7 Å². The van der Waals surface area contributed by atoms with Gasteiger partial charge in [-0.05, 0) is 24.3 Å². The van der Waals surface area contributed by atoms with E-state index in [-0.39, 0.29) is 18.2 Å². The molecule has 0 atom stereocenters. The summed E-state index contributed by atoms with van der Waals surface area (Å²) in [5, 5.41) is 5.65. The number of hydrogen-bond donors (Lipinski definition) is 2. The van der Waals surface area contributed by atoms with Crippen LogP contribution in [0.5, 0.6) is 5.75 Å². The number of methoxy groups -OCH3 is 1. The summed E-state index contributed by atoms with van der Waals surface area (Å²) in [4.78, 5) is 11.7. The number of para-hydroxylation sites is 1. The highest BCUT2D eigenvalue weighted by molar-refractivity contribution is 5.93. The molecule has 0 aliphatic rings. The Hall–Kier alpha value is -2.56. The van der Waals surface area contributed by atoms with E-state index in [2.05, 4.69) is 10.6 Å². The lowest BCUT2D eigenvalue weighted by molar-refractivity contribution is -0.114. The van der Waals surface area contributed by atoms with Crippen LogP contribution in [-0.2, 0) is 4.79 Å². The normalized spacial score (nSPS) is 9.90. The standard InChI is InChI=1S/C15H15FN2O2/c1-20-14-9-12(7-8-13(14)16)17-10-15(19)18-11-5-3-2-4-6-11/h2-9,17H,10H2,1H3,(H,18,19). The summed E-state index contributed by atoms with van der Waals surface area (Å²) in [6.45, 7) is 0.0870.